The highest BCUT2D eigenvalue weighted by Crippen LogP contribution is 2.14. The highest BCUT2D eigenvalue weighted by atomic mass is 16.5. The van der Waals surface area contributed by atoms with Crippen molar-refractivity contribution in [2.75, 3.05) is 20.2 Å². The molecule has 0 saturated carbocycles. The van der Waals surface area contributed by atoms with Crippen LogP contribution < -0.4 is 10.1 Å². The van der Waals surface area contributed by atoms with Gasteiger partial charge >= 0.3 is 0 Å². The molecular formula is C17H22N4O2. The lowest BCUT2D eigenvalue weighted by Crippen LogP contribution is -2.33. The van der Waals surface area contributed by atoms with Crippen LogP contribution >= 0.6 is 0 Å². The Kier molecular flexibility index (Phi) is 4.62. The molecule has 6 heteroatoms. The molecule has 1 aromatic carbocycles. The fraction of sp³-hybridized carbons (Fsp3) is 0.412. The number of hydrogen-bond acceptors (Lipinski definition) is 4. The maximum atomic E-state index is 12.3. The standard InChI is InChI=1S/C17H22N4O2/c1-3-20-7-8-21-11-15(19-16(21)12-20)17(22)18-10-13-5-4-6-14(9-13)23-2/h4-6,9,11H,3,7-8,10,12H2,1-2H3,(H,18,22). The summed E-state index contributed by atoms with van der Waals surface area (Å²) in [5.41, 5.74) is 1.49. The Hall–Kier alpha value is -2.34. The number of methoxy groups -OCH3 is 1. The topological polar surface area (TPSA) is 59.4 Å². The zero-order chi connectivity index (χ0) is 16.2. The number of amides is 1. The van der Waals surface area contributed by atoms with Crippen molar-refractivity contribution in [1.82, 2.24) is 19.8 Å². The summed E-state index contributed by atoms with van der Waals surface area (Å²) in [6.07, 6.45) is 1.85. The number of carbonyl (C=O) groups is 1. The lowest BCUT2D eigenvalue weighted by molar-refractivity contribution is 0.0946. The van der Waals surface area contributed by atoms with E-state index in [2.05, 4.69) is 26.7 Å². The van der Waals surface area contributed by atoms with Gasteiger partial charge in [-0.2, -0.15) is 0 Å². The van der Waals surface area contributed by atoms with E-state index in [4.69, 9.17) is 4.74 Å². The molecule has 6 nitrogen and oxygen atoms in total. The average molecular weight is 314 g/mol. The van der Waals surface area contributed by atoms with Crippen molar-refractivity contribution in [3.63, 3.8) is 0 Å². The normalized spacial score (nSPS) is 14.3. The molecule has 1 N–H and O–H groups in total. The van der Waals surface area contributed by atoms with E-state index in [0.29, 0.717) is 12.2 Å². The van der Waals surface area contributed by atoms with Gasteiger partial charge in [0.1, 0.15) is 17.3 Å². The molecule has 0 atom stereocenters. The first kappa shape index (κ1) is 15.6. The molecule has 2 heterocycles. The number of nitrogens with one attached hydrogen (secondary N) is 1. The first-order valence-corrected chi connectivity index (χ1v) is 7.89. The maximum absolute atomic E-state index is 12.3. The number of benzene rings is 1. The van der Waals surface area contributed by atoms with Crippen molar-refractivity contribution in [1.29, 1.82) is 0 Å². The van der Waals surface area contributed by atoms with E-state index in [1.165, 1.54) is 0 Å². The number of fused-ring (bicyclic) bond motifs is 1. The van der Waals surface area contributed by atoms with Gasteiger partial charge in [-0.15, -0.1) is 0 Å². The van der Waals surface area contributed by atoms with Crippen LogP contribution in [0.25, 0.3) is 0 Å². The van der Waals surface area contributed by atoms with Crippen molar-refractivity contribution in [3.8, 4) is 5.75 Å². The number of hydrogen-bond donors (Lipinski definition) is 1. The van der Waals surface area contributed by atoms with Crippen molar-refractivity contribution in [2.24, 2.45) is 0 Å². The van der Waals surface area contributed by atoms with Crippen LogP contribution in [0.5, 0.6) is 5.75 Å². The van der Waals surface area contributed by atoms with Crippen LogP contribution in [0.3, 0.4) is 0 Å². The fourth-order valence-corrected chi connectivity index (χ4v) is 2.74. The Balaban J connectivity index is 1.63. The number of aromatic nitrogens is 2. The van der Waals surface area contributed by atoms with Crippen LogP contribution in [-0.2, 0) is 19.6 Å². The molecular weight excluding hydrogens is 292 g/mol. The van der Waals surface area contributed by atoms with Gasteiger partial charge in [0.15, 0.2) is 0 Å². The van der Waals surface area contributed by atoms with E-state index in [-0.39, 0.29) is 5.91 Å². The summed E-state index contributed by atoms with van der Waals surface area (Å²) in [5, 5.41) is 2.92. The Morgan fingerprint density at radius 2 is 2.26 bits per heavy atom. The predicted molar refractivity (Wildman–Crippen MR) is 87.3 cm³/mol. The summed E-state index contributed by atoms with van der Waals surface area (Å²) in [5.74, 6) is 1.61. The summed E-state index contributed by atoms with van der Waals surface area (Å²) < 4.78 is 7.27. The van der Waals surface area contributed by atoms with Crippen molar-refractivity contribution >= 4 is 5.91 Å². The van der Waals surface area contributed by atoms with Gasteiger partial charge in [0.2, 0.25) is 0 Å². The Morgan fingerprint density at radius 1 is 1.39 bits per heavy atom. The van der Waals surface area contributed by atoms with Gasteiger partial charge in [-0.1, -0.05) is 19.1 Å². The molecule has 3 rings (SSSR count). The minimum Gasteiger partial charge on any atom is -0.497 e. The Labute approximate surface area is 136 Å². The SMILES string of the molecule is CCN1CCn2cc(C(=O)NCc3cccc(OC)c3)nc2C1. The van der Waals surface area contributed by atoms with E-state index < -0.39 is 0 Å². The second-order valence-corrected chi connectivity index (χ2v) is 5.64. The molecule has 0 aliphatic carbocycles. The summed E-state index contributed by atoms with van der Waals surface area (Å²) in [6, 6.07) is 7.67. The maximum Gasteiger partial charge on any atom is 0.271 e. The third-order valence-electron chi connectivity index (χ3n) is 4.15. The van der Waals surface area contributed by atoms with Crippen LogP contribution in [0.2, 0.25) is 0 Å². The average Bonchev–Trinajstić information content (AvgIpc) is 3.03. The number of nitrogens with zero attached hydrogens (tertiary/aromatic N) is 3. The third kappa shape index (κ3) is 3.53. The molecule has 0 unspecified atom stereocenters. The number of imidazole rings is 1. The lowest BCUT2D eigenvalue weighted by Gasteiger charge is -2.25. The molecule has 0 bridgehead atoms. The number of likely N-dealkylation sites (N-methyl/N-ethyl adjacent to an activating group) is 1. The quantitative estimate of drug-likeness (QED) is 0.912. The van der Waals surface area contributed by atoms with Gasteiger partial charge < -0.3 is 14.6 Å². The summed E-state index contributed by atoms with van der Waals surface area (Å²) >= 11 is 0. The van der Waals surface area contributed by atoms with Crippen LogP contribution in [0.4, 0.5) is 0 Å². The zero-order valence-corrected chi connectivity index (χ0v) is 13.6. The largest absolute Gasteiger partial charge is 0.497 e. The molecule has 1 aliphatic rings. The Morgan fingerprint density at radius 3 is 3.04 bits per heavy atom. The van der Waals surface area contributed by atoms with Gasteiger partial charge in [0, 0.05) is 25.8 Å². The smallest absolute Gasteiger partial charge is 0.271 e. The predicted octanol–water partition coefficient (Wildman–Crippen LogP) is 1.66. The molecule has 1 aromatic heterocycles. The van der Waals surface area contributed by atoms with E-state index in [9.17, 15) is 4.79 Å². The van der Waals surface area contributed by atoms with E-state index in [1.54, 1.807) is 7.11 Å². The van der Waals surface area contributed by atoms with Gasteiger partial charge in [-0.05, 0) is 24.2 Å². The molecule has 0 fully saturated rings. The number of carbonyl (C=O) groups excluding carboxylic acids is 1. The summed E-state index contributed by atoms with van der Waals surface area (Å²) in [4.78, 5) is 19.1. The molecule has 0 radical (unpaired) electrons. The zero-order valence-electron chi connectivity index (χ0n) is 13.6. The first-order chi connectivity index (χ1) is 11.2. The summed E-state index contributed by atoms with van der Waals surface area (Å²) in [7, 11) is 1.63. The fourth-order valence-electron chi connectivity index (χ4n) is 2.74. The Bertz CT molecular complexity index is 696. The minimum absolute atomic E-state index is 0.141. The van der Waals surface area contributed by atoms with E-state index in [1.807, 2.05) is 30.5 Å². The molecule has 0 saturated heterocycles. The highest BCUT2D eigenvalue weighted by Gasteiger charge is 2.19. The van der Waals surface area contributed by atoms with Crippen LogP contribution in [0.15, 0.2) is 30.5 Å². The molecule has 23 heavy (non-hydrogen) atoms. The van der Waals surface area contributed by atoms with Gasteiger partial charge in [0.05, 0.1) is 13.7 Å². The number of rotatable bonds is 5. The van der Waals surface area contributed by atoms with Crippen molar-refractivity contribution in [2.45, 2.75) is 26.6 Å². The van der Waals surface area contributed by atoms with Crippen molar-refractivity contribution < 1.29 is 9.53 Å². The lowest BCUT2D eigenvalue weighted by atomic mass is 10.2. The van der Waals surface area contributed by atoms with E-state index >= 15 is 0 Å². The first-order valence-electron chi connectivity index (χ1n) is 7.89. The van der Waals surface area contributed by atoms with Gasteiger partial charge in [0.25, 0.3) is 5.91 Å². The van der Waals surface area contributed by atoms with Crippen LogP contribution in [-0.4, -0.2) is 40.6 Å². The molecule has 122 valence electrons. The van der Waals surface area contributed by atoms with Crippen LogP contribution in [0.1, 0.15) is 28.8 Å². The van der Waals surface area contributed by atoms with Gasteiger partial charge in [-0.25, -0.2) is 4.98 Å². The second-order valence-electron chi connectivity index (χ2n) is 5.64. The monoisotopic (exact) mass is 314 g/mol. The molecule has 0 spiro atoms. The van der Waals surface area contributed by atoms with E-state index in [0.717, 1.165) is 43.3 Å². The summed E-state index contributed by atoms with van der Waals surface area (Å²) in [6.45, 7) is 6.30. The number of ether oxygens (including phenoxy) is 1. The minimum atomic E-state index is -0.141. The molecule has 1 amide bonds. The molecule has 1 aliphatic heterocycles. The van der Waals surface area contributed by atoms with Crippen LogP contribution in [0, 0.1) is 0 Å². The molecule has 2 aromatic rings. The third-order valence-corrected chi connectivity index (χ3v) is 4.15. The highest BCUT2D eigenvalue weighted by molar-refractivity contribution is 5.92. The second kappa shape index (κ2) is 6.83. The van der Waals surface area contributed by atoms with Gasteiger partial charge in [-0.3, -0.25) is 9.69 Å². The van der Waals surface area contributed by atoms with Crippen molar-refractivity contribution in [3.05, 3.63) is 47.5 Å².